The standard InChI is InChI=1S/C50H30N4O/c1-2-13-32(14-3-1)48-52-49(34-23-22-31-12-4-5-15-33(31)28-34)54-50(53-48)42-27-26-40(37-18-8-9-19-38(37)42)39-24-25-41(36-17-7-6-16-35(36)39)44-29-51-30-46-47(44)43-20-10-11-21-45(43)55-46/h1-30H. The van der Waals surface area contributed by atoms with Crippen molar-refractivity contribution in [3.8, 4) is 56.4 Å². The van der Waals surface area contributed by atoms with E-state index >= 15 is 0 Å². The van der Waals surface area contributed by atoms with Crippen LogP contribution in [0.1, 0.15) is 0 Å². The van der Waals surface area contributed by atoms with Crippen LogP contribution in [0.2, 0.25) is 0 Å². The molecule has 0 fully saturated rings. The summed E-state index contributed by atoms with van der Waals surface area (Å²) in [6.45, 7) is 0. The highest BCUT2D eigenvalue weighted by Crippen LogP contribution is 2.43. The minimum Gasteiger partial charge on any atom is -0.454 e. The monoisotopic (exact) mass is 702 g/mol. The molecule has 5 heteroatoms. The van der Waals surface area contributed by atoms with Crippen LogP contribution in [0.3, 0.4) is 0 Å². The van der Waals surface area contributed by atoms with Crippen LogP contribution >= 0.6 is 0 Å². The number of aromatic nitrogens is 4. The van der Waals surface area contributed by atoms with Crippen molar-refractivity contribution < 1.29 is 4.42 Å². The lowest BCUT2D eigenvalue weighted by atomic mass is 9.88. The normalized spacial score (nSPS) is 11.6. The molecule has 0 atom stereocenters. The van der Waals surface area contributed by atoms with Crippen LogP contribution < -0.4 is 0 Å². The summed E-state index contributed by atoms with van der Waals surface area (Å²) in [5.74, 6) is 1.91. The number of benzene rings is 8. The number of hydrogen-bond donors (Lipinski definition) is 0. The average molecular weight is 703 g/mol. The van der Waals surface area contributed by atoms with Crippen molar-refractivity contribution in [1.29, 1.82) is 0 Å². The summed E-state index contributed by atoms with van der Waals surface area (Å²) in [6, 6.07) is 59.1. The van der Waals surface area contributed by atoms with Gasteiger partial charge in [-0.25, -0.2) is 15.0 Å². The Labute approximate surface area is 316 Å². The molecule has 0 bridgehead atoms. The Morgan fingerprint density at radius 2 is 0.855 bits per heavy atom. The molecular formula is C50H30N4O. The van der Waals surface area contributed by atoms with Crippen LogP contribution in [0.25, 0.3) is 111 Å². The van der Waals surface area contributed by atoms with Crippen LogP contribution in [0.4, 0.5) is 0 Å². The van der Waals surface area contributed by atoms with Gasteiger partial charge in [0, 0.05) is 39.2 Å². The Morgan fingerprint density at radius 1 is 0.327 bits per heavy atom. The van der Waals surface area contributed by atoms with E-state index in [-0.39, 0.29) is 0 Å². The molecule has 0 N–H and O–H groups in total. The first-order chi connectivity index (χ1) is 27.3. The molecule has 11 aromatic rings. The molecule has 0 amide bonds. The zero-order valence-corrected chi connectivity index (χ0v) is 29.5. The summed E-state index contributed by atoms with van der Waals surface area (Å²) >= 11 is 0. The molecule has 5 nitrogen and oxygen atoms in total. The van der Waals surface area contributed by atoms with E-state index in [0.29, 0.717) is 17.5 Å². The summed E-state index contributed by atoms with van der Waals surface area (Å²) in [4.78, 5) is 19.9. The third kappa shape index (κ3) is 5.17. The van der Waals surface area contributed by atoms with Gasteiger partial charge in [-0.15, -0.1) is 0 Å². The predicted molar refractivity (Wildman–Crippen MR) is 225 cm³/mol. The first kappa shape index (κ1) is 31.1. The van der Waals surface area contributed by atoms with E-state index in [1.54, 1.807) is 0 Å². The van der Waals surface area contributed by atoms with Crippen LogP contribution in [0.5, 0.6) is 0 Å². The fourth-order valence-corrected chi connectivity index (χ4v) is 8.05. The van der Waals surface area contributed by atoms with Gasteiger partial charge in [-0.1, -0.05) is 152 Å². The first-order valence-electron chi connectivity index (χ1n) is 18.4. The van der Waals surface area contributed by atoms with E-state index in [2.05, 4.69) is 132 Å². The third-order valence-corrected chi connectivity index (χ3v) is 10.6. The van der Waals surface area contributed by atoms with Gasteiger partial charge in [0.1, 0.15) is 5.58 Å². The zero-order chi connectivity index (χ0) is 36.3. The van der Waals surface area contributed by atoms with E-state index in [0.717, 1.165) is 87.8 Å². The van der Waals surface area contributed by atoms with Crippen LogP contribution in [-0.2, 0) is 0 Å². The van der Waals surface area contributed by atoms with Crippen molar-refractivity contribution in [3.05, 3.63) is 182 Å². The number of para-hydroxylation sites is 1. The fourth-order valence-electron chi connectivity index (χ4n) is 8.05. The van der Waals surface area contributed by atoms with Gasteiger partial charge in [-0.05, 0) is 67.2 Å². The lowest BCUT2D eigenvalue weighted by Crippen LogP contribution is -2.01. The minimum absolute atomic E-state index is 0.632. The van der Waals surface area contributed by atoms with Crippen molar-refractivity contribution >= 4 is 54.3 Å². The Hall–Kier alpha value is -7.50. The summed E-state index contributed by atoms with van der Waals surface area (Å²) in [5, 5.41) is 8.98. The molecule has 0 saturated carbocycles. The van der Waals surface area contributed by atoms with E-state index in [9.17, 15) is 0 Å². The maximum absolute atomic E-state index is 6.22. The van der Waals surface area contributed by atoms with Gasteiger partial charge in [0.2, 0.25) is 0 Å². The summed E-state index contributed by atoms with van der Waals surface area (Å²) in [5.41, 5.74) is 8.93. The first-order valence-corrected chi connectivity index (χ1v) is 18.4. The second kappa shape index (κ2) is 12.6. The summed E-state index contributed by atoms with van der Waals surface area (Å²) in [6.07, 6.45) is 3.77. The van der Waals surface area contributed by atoms with Gasteiger partial charge in [-0.2, -0.15) is 0 Å². The average Bonchev–Trinajstić information content (AvgIpc) is 3.65. The Kier molecular flexibility index (Phi) is 7.10. The Bertz CT molecular complexity index is 3280. The molecule has 0 saturated heterocycles. The maximum Gasteiger partial charge on any atom is 0.164 e. The van der Waals surface area contributed by atoms with E-state index in [4.69, 9.17) is 19.4 Å². The van der Waals surface area contributed by atoms with Crippen molar-refractivity contribution in [2.75, 3.05) is 0 Å². The number of fused-ring (bicyclic) bond motifs is 6. The van der Waals surface area contributed by atoms with Gasteiger partial charge in [-0.3, -0.25) is 4.98 Å². The molecular weight excluding hydrogens is 673 g/mol. The van der Waals surface area contributed by atoms with Crippen LogP contribution in [0.15, 0.2) is 187 Å². The number of furan rings is 1. The summed E-state index contributed by atoms with van der Waals surface area (Å²) in [7, 11) is 0. The van der Waals surface area contributed by atoms with Gasteiger partial charge in [0.25, 0.3) is 0 Å². The quantitative estimate of drug-likeness (QED) is 0.179. The topological polar surface area (TPSA) is 64.7 Å². The number of pyridine rings is 1. The maximum atomic E-state index is 6.22. The highest BCUT2D eigenvalue weighted by Gasteiger charge is 2.19. The molecule has 0 unspecified atom stereocenters. The largest absolute Gasteiger partial charge is 0.454 e. The SMILES string of the molecule is c1ccc(-c2nc(-c3ccc4ccccc4c3)nc(-c3ccc(-c4ccc(-c5cncc6oc7ccccc7c56)c5ccccc45)c4ccccc34)n2)cc1. The molecule has 0 radical (unpaired) electrons. The smallest absolute Gasteiger partial charge is 0.164 e. The highest BCUT2D eigenvalue weighted by atomic mass is 16.3. The van der Waals surface area contributed by atoms with Crippen molar-refractivity contribution in [3.63, 3.8) is 0 Å². The second-order valence-corrected chi connectivity index (χ2v) is 13.8. The Balaban J connectivity index is 1.10. The van der Waals surface area contributed by atoms with E-state index in [1.165, 1.54) is 5.39 Å². The minimum atomic E-state index is 0.632. The van der Waals surface area contributed by atoms with E-state index in [1.807, 2.05) is 54.9 Å². The highest BCUT2D eigenvalue weighted by molar-refractivity contribution is 6.17. The predicted octanol–water partition coefficient (Wildman–Crippen LogP) is 13.0. The third-order valence-electron chi connectivity index (χ3n) is 10.6. The molecule has 0 aliphatic rings. The molecule has 0 spiro atoms. The van der Waals surface area contributed by atoms with E-state index < -0.39 is 0 Å². The molecule has 8 aromatic carbocycles. The van der Waals surface area contributed by atoms with Gasteiger partial charge < -0.3 is 4.42 Å². The lowest BCUT2D eigenvalue weighted by molar-refractivity contribution is 0.667. The van der Waals surface area contributed by atoms with Gasteiger partial charge in [0.15, 0.2) is 23.1 Å². The van der Waals surface area contributed by atoms with Gasteiger partial charge in [0.05, 0.1) is 6.20 Å². The number of hydrogen-bond acceptors (Lipinski definition) is 5. The molecule has 11 rings (SSSR count). The van der Waals surface area contributed by atoms with Crippen molar-refractivity contribution in [2.24, 2.45) is 0 Å². The van der Waals surface area contributed by atoms with Crippen LogP contribution in [-0.4, -0.2) is 19.9 Å². The number of rotatable bonds is 5. The number of nitrogens with zero attached hydrogens (tertiary/aromatic N) is 4. The summed E-state index contributed by atoms with van der Waals surface area (Å²) < 4.78 is 6.22. The fraction of sp³-hybridized carbons (Fsp3) is 0. The lowest BCUT2D eigenvalue weighted by Gasteiger charge is -2.16. The molecule has 256 valence electrons. The molecule has 0 aliphatic heterocycles. The van der Waals surface area contributed by atoms with Crippen molar-refractivity contribution in [2.45, 2.75) is 0 Å². The molecule has 3 heterocycles. The van der Waals surface area contributed by atoms with Gasteiger partial charge >= 0.3 is 0 Å². The second-order valence-electron chi connectivity index (χ2n) is 13.8. The Morgan fingerprint density at radius 3 is 1.56 bits per heavy atom. The van der Waals surface area contributed by atoms with Crippen molar-refractivity contribution in [1.82, 2.24) is 19.9 Å². The molecule has 55 heavy (non-hydrogen) atoms. The molecule has 0 aliphatic carbocycles. The zero-order valence-electron chi connectivity index (χ0n) is 29.5. The molecule has 3 aromatic heterocycles. The van der Waals surface area contributed by atoms with Crippen LogP contribution in [0, 0.1) is 0 Å².